The summed E-state index contributed by atoms with van der Waals surface area (Å²) in [7, 11) is 0. The van der Waals surface area contributed by atoms with E-state index >= 15 is 0 Å². The van der Waals surface area contributed by atoms with Crippen molar-refractivity contribution in [3.05, 3.63) is 59.8 Å². The van der Waals surface area contributed by atoms with Crippen LogP contribution < -0.4 is 5.73 Å². The first kappa shape index (κ1) is 17.3. The second-order valence-electron chi connectivity index (χ2n) is 7.01. The van der Waals surface area contributed by atoms with Crippen LogP contribution in [0.25, 0.3) is 0 Å². The summed E-state index contributed by atoms with van der Waals surface area (Å²) in [4.78, 5) is 32.9. The zero-order valence-electron chi connectivity index (χ0n) is 15.0. The van der Waals surface area contributed by atoms with Gasteiger partial charge in [0.1, 0.15) is 12.4 Å². The molecule has 0 saturated carbocycles. The zero-order valence-corrected chi connectivity index (χ0v) is 15.0. The number of fused-ring (bicyclic) bond motifs is 2. The van der Waals surface area contributed by atoms with Crippen LogP contribution in [0.3, 0.4) is 0 Å². The largest absolute Gasteiger partial charge is 0.445 e. The summed E-state index contributed by atoms with van der Waals surface area (Å²) >= 11 is 0. The molecule has 2 unspecified atom stereocenters. The van der Waals surface area contributed by atoms with Gasteiger partial charge < -0.3 is 20.3 Å². The number of amides is 2. The highest BCUT2D eigenvalue weighted by atomic mass is 16.6. The minimum absolute atomic E-state index is 0.0121. The molecule has 0 radical (unpaired) electrons. The molecule has 27 heavy (non-hydrogen) atoms. The average Bonchev–Trinajstić information content (AvgIpc) is 2.96. The number of piperazine rings is 1. The van der Waals surface area contributed by atoms with E-state index in [4.69, 9.17) is 10.5 Å². The molecule has 2 aromatic rings. The molecule has 7 nitrogen and oxygen atoms in total. The number of carbonyl (C=O) groups excluding carboxylic acids is 2. The summed E-state index contributed by atoms with van der Waals surface area (Å²) in [6.45, 7) is 1.25. The van der Waals surface area contributed by atoms with E-state index in [2.05, 4.69) is 4.98 Å². The van der Waals surface area contributed by atoms with Crippen LogP contribution in [0.5, 0.6) is 0 Å². The molecule has 0 aliphatic carbocycles. The molecule has 2 saturated heterocycles. The predicted molar refractivity (Wildman–Crippen MR) is 99.8 cm³/mol. The Morgan fingerprint density at radius 3 is 2.41 bits per heavy atom. The van der Waals surface area contributed by atoms with E-state index in [1.807, 2.05) is 35.2 Å². The fourth-order valence-corrected chi connectivity index (χ4v) is 3.88. The van der Waals surface area contributed by atoms with Crippen LogP contribution in [0.4, 0.5) is 10.6 Å². The van der Waals surface area contributed by atoms with Crippen LogP contribution in [0, 0.1) is 0 Å². The lowest BCUT2D eigenvalue weighted by molar-refractivity contribution is 0.0334. The number of hydrogen-bond donors (Lipinski definition) is 1. The number of nitrogens with two attached hydrogens (primary N) is 1. The quantitative estimate of drug-likeness (QED) is 0.900. The lowest BCUT2D eigenvalue weighted by atomic mass is 10.1. The van der Waals surface area contributed by atoms with Gasteiger partial charge in [-0.1, -0.05) is 30.3 Å². The first-order chi connectivity index (χ1) is 13.1. The molecule has 1 aromatic carbocycles. The Kier molecular flexibility index (Phi) is 4.66. The first-order valence-electron chi connectivity index (χ1n) is 9.11. The molecule has 4 rings (SSSR count). The van der Waals surface area contributed by atoms with Crippen molar-refractivity contribution in [1.29, 1.82) is 0 Å². The molecule has 1 aromatic heterocycles. The maximum atomic E-state index is 12.9. The van der Waals surface area contributed by atoms with Gasteiger partial charge in [-0.2, -0.15) is 0 Å². The number of likely N-dealkylation sites (tertiary alicyclic amines) is 1. The minimum Gasteiger partial charge on any atom is -0.445 e. The van der Waals surface area contributed by atoms with E-state index in [0.29, 0.717) is 24.5 Å². The lowest BCUT2D eigenvalue weighted by Crippen LogP contribution is -2.57. The third kappa shape index (κ3) is 3.58. The molecule has 2 atom stereocenters. The molecule has 2 amide bonds. The van der Waals surface area contributed by atoms with Gasteiger partial charge in [-0.15, -0.1) is 0 Å². The standard InChI is InChI=1S/C20H22N4O3/c21-18-9-6-15(10-22-18)19(25)24-16-7-8-17(24)12-23(11-16)20(26)27-13-14-4-2-1-3-5-14/h1-6,9-10,16-17H,7-8,11-13H2,(H2,21,22). The Morgan fingerprint density at radius 1 is 1.07 bits per heavy atom. The predicted octanol–water partition coefficient (Wildman–Crippen LogP) is 2.29. The molecule has 140 valence electrons. The molecule has 2 bridgehead atoms. The van der Waals surface area contributed by atoms with E-state index in [1.165, 1.54) is 6.20 Å². The molecule has 7 heteroatoms. The number of aromatic nitrogens is 1. The van der Waals surface area contributed by atoms with Crippen molar-refractivity contribution in [2.75, 3.05) is 18.8 Å². The first-order valence-corrected chi connectivity index (χ1v) is 9.11. The van der Waals surface area contributed by atoms with Crippen molar-refractivity contribution in [1.82, 2.24) is 14.8 Å². The Balaban J connectivity index is 1.39. The maximum Gasteiger partial charge on any atom is 0.410 e. The van der Waals surface area contributed by atoms with Crippen LogP contribution in [-0.4, -0.2) is 52.0 Å². The van der Waals surface area contributed by atoms with Crippen LogP contribution in [0.1, 0.15) is 28.8 Å². The maximum absolute atomic E-state index is 12.9. The van der Waals surface area contributed by atoms with Gasteiger partial charge in [0.15, 0.2) is 0 Å². The number of hydrogen-bond acceptors (Lipinski definition) is 5. The molecule has 2 fully saturated rings. The van der Waals surface area contributed by atoms with Gasteiger partial charge in [-0.05, 0) is 30.5 Å². The van der Waals surface area contributed by atoms with Gasteiger partial charge in [0.2, 0.25) is 0 Å². The van der Waals surface area contributed by atoms with Crippen molar-refractivity contribution in [2.45, 2.75) is 31.5 Å². The second-order valence-corrected chi connectivity index (χ2v) is 7.01. The second kappa shape index (κ2) is 7.26. The fourth-order valence-electron chi connectivity index (χ4n) is 3.88. The van der Waals surface area contributed by atoms with Gasteiger partial charge in [0, 0.05) is 19.3 Å². The van der Waals surface area contributed by atoms with E-state index in [0.717, 1.165) is 18.4 Å². The Morgan fingerprint density at radius 2 is 1.78 bits per heavy atom. The molecule has 2 aliphatic heterocycles. The number of anilines is 1. The summed E-state index contributed by atoms with van der Waals surface area (Å²) in [5.74, 6) is 0.341. The molecule has 3 heterocycles. The molecular weight excluding hydrogens is 344 g/mol. The van der Waals surface area contributed by atoms with Crippen molar-refractivity contribution in [3.63, 3.8) is 0 Å². The Hall–Kier alpha value is -3.09. The van der Waals surface area contributed by atoms with Crippen molar-refractivity contribution < 1.29 is 14.3 Å². The minimum atomic E-state index is -0.322. The average molecular weight is 366 g/mol. The van der Waals surface area contributed by atoms with Crippen LogP contribution in [0.2, 0.25) is 0 Å². The van der Waals surface area contributed by atoms with E-state index < -0.39 is 0 Å². The molecular formula is C20H22N4O3. The normalized spacial score (nSPS) is 21.2. The molecule has 2 aliphatic rings. The summed E-state index contributed by atoms with van der Waals surface area (Å²) < 4.78 is 5.45. The third-order valence-electron chi connectivity index (χ3n) is 5.21. The van der Waals surface area contributed by atoms with Gasteiger partial charge in [-0.3, -0.25) is 4.79 Å². The van der Waals surface area contributed by atoms with Crippen molar-refractivity contribution >= 4 is 17.8 Å². The smallest absolute Gasteiger partial charge is 0.410 e. The van der Waals surface area contributed by atoms with Crippen molar-refractivity contribution in [3.8, 4) is 0 Å². The van der Waals surface area contributed by atoms with Crippen LogP contribution in [-0.2, 0) is 11.3 Å². The van der Waals surface area contributed by atoms with Crippen LogP contribution >= 0.6 is 0 Å². The number of nitrogens with zero attached hydrogens (tertiary/aromatic N) is 3. The lowest BCUT2D eigenvalue weighted by Gasteiger charge is -2.40. The van der Waals surface area contributed by atoms with Gasteiger partial charge >= 0.3 is 6.09 Å². The SMILES string of the molecule is Nc1ccc(C(=O)N2C3CCC2CN(C(=O)OCc2ccccc2)C3)cn1. The zero-order chi connectivity index (χ0) is 18.8. The Bertz CT molecular complexity index is 811. The molecule has 0 spiro atoms. The summed E-state index contributed by atoms with van der Waals surface area (Å²) in [6, 6.07) is 13.0. The van der Waals surface area contributed by atoms with E-state index in [-0.39, 0.29) is 30.7 Å². The van der Waals surface area contributed by atoms with Gasteiger partial charge in [0.25, 0.3) is 5.91 Å². The number of carbonyl (C=O) groups is 2. The van der Waals surface area contributed by atoms with Gasteiger partial charge in [-0.25, -0.2) is 9.78 Å². The summed E-state index contributed by atoms with van der Waals surface area (Å²) in [5, 5.41) is 0. The third-order valence-corrected chi connectivity index (χ3v) is 5.21. The highest BCUT2D eigenvalue weighted by molar-refractivity contribution is 5.95. The highest BCUT2D eigenvalue weighted by Gasteiger charge is 2.44. The Labute approximate surface area is 157 Å². The van der Waals surface area contributed by atoms with Gasteiger partial charge in [0.05, 0.1) is 17.6 Å². The van der Waals surface area contributed by atoms with E-state index in [9.17, 15) is 9.59 Å². The highest BCUT2D eigenvalue weighted by Crippen LogP contribution is 2.32. The summed E-state index contributed by atoms with van der Waals surface area (Å²) in [5.41, 5.74) is 7.09. The number of pyridine rings is 1. The van der Waals surface area contributed by atoms with Crippen molar-refractivity contribution in [2.24, 2.45) is 0 Å². The molecule has 2 N–H and O–H groups in total. The number of benzene rings is 1. The topological polar surface area (TPSA) is 88.8 Å². The van der Waals surface area contributed by atoms with Crippen LogP contribution in [0.15, 0.2) is 48.7 Å². The number of rotatable bonds is 3. The fraction of sp³-hybridized carbons (Fsp3) is 0.350. The van der Waals surface area contributed by atoms with E-state index in [1.54, 1.807) is 17.0 Å². The number of ether oxygens (including phenoxy) is 1. The number of nitrogen functional groups attached to an aromatic ring is 1. The summed E-state index contributed by atoms with van der Waals surface area (Å²) in [6.07, 6.45) is 2.97. The monoisotopic (exact) mass is 366 g/mol.